The molecule has 1 aliphatic rings. The molecule has 1 amide bonds. The molecule has 32 heavy (non-hydrogen) atoms. The molecular formula is C24H20N6O2. The fourth-order valence-electron chi connectivity index (χ4n) is 4.21. The summed E-state index contributed by atoms with van der Waals surface area (Å²) in [5.41, 5.74) is 10.2. The third-order valence-corrected chi connectivity index (χ3v) is 5.71. The van der Waals surface area contributed by atoms with E-state index in [4.69, 9.17) is 5.73 Å². The number of carbonyl (C=O) groups excluding carboxylic acids is 1. The number of aromatic amines is 1. The molecule has 0 bridgehead atoms. The number of nitrogens with one attached hydrogen (secondary N) is 1. The molecule has 0 aliphatic carbocycles. The third-order valence-electron chi connectivity index (χ3n) is 5.71. The summed E-state index contributed by atoms with van der Waals surface area (Å²) in [5, 5.41) is 12.2. The molecule has 4 aromatic rings. The Morgan fingerprint density at radius 3 is 2.75 bits per heavy atom. The number of hydrogen-bond donors (Lipinski definition) is 2. The molecule has 1 aliphatic heterocycles. The first kappa shape index (κ1) is 19.7. The van der Waals surface area contributed by atoms with Crippen LogP contribution in [0.4, 0.5) is 5.82 Å². The Hall–Kier alpha value is -4.22. The highest BCUT2D eigenvalue weighted by Gasteiger charge is 2.32. The van der Waals surface area contributed by atoms with Gasteiger partial charge in [0.15, 0.2) is 0 Å². The molecule has 0 saturated heterocycles. The molecule has 0 fully saturated rings. The second-order valence-corrected chi connectivity index (χ2v) is 7.61. The van der Waals surface area contributed by atoms with Crippen LogP contribution in [-0.2, 0) is 20.1 Å². The van der Waals surface area contributed by atoms with Gasteiger partial charge in [-0.3, -0.25) is 19.2 Å². The third kappa shape index (κ3) is 2.99. The minimum Gasteiger partial charge on any atom is -0.325 e. The van der Waals surface area contributed by atoms with Gasteiger partial charge >= 0.3 is 0 Å². The van der Waals surface area contributed by atoms with E-state index in [2.05, 4.69) is 27.1 Å². The summed E-state index contributed by atoms with van der Waals surface area (Å²) in [4.78, 5) is 27.1. The van der Waals surface area contributed by atoms with Crippen molar-refractivity contribution < 1.29 is 4.79 Å². The van der Waals surface area contributed by atoms with Gasteiger partial charge in [-0.1, -0.05) is 12.0 Å². The predicted octanol–water partition coefficient (Wildman–Crippen LogP) is 2.31. The van der Waals surface area contributed by atoms with Crippen LogP contribution in [0.3, 0.4) is 0 Å². The van der Waals surface area contributed by atoms with Gasteiger partial charge in [-0.05, 0) is 48.4 Å². The number of aryl methyl sites for hydroxylation is 1. The Morgan fingerprint density at radius 2 is 1.97 bits per heavy atom. The topological polar surface area (TPSA) is 110 Å². The van der Waals surface area contributed by atoms with E-state index in [0.717, 1.165) is 22.3 Å². The molecule has 8 heteroatoms. The zero-order chi connectivity index (χ0) is 22.4. The normalized spacial score (nSPS) is 12.7. The van der Waals surface area contributed by atoms with Crippen LogP contribution in [0.25, 0.3) is 21.9 Å². The molecule has 0 saturated carbocycles. The van der Waals surface area contributed by atoms with E-state index >= 15 is 0 Å². The number of nitrogens with zero attached hydrogens (tertiary/aromatic N) is 4. The molecular weight excluding hydrogens is 404 g/mol. The molecule has 5 rings (SSSR count). The largest absolute Gasteiger partial charge is 0.325 e. The number of carbonyl (C=O) groups is 1. The van der Waals surface area contributed by atoms with Crippen molar-refractivity contribution in [2.24, 2.45) is 12.8 Å². The maximum Gasteiger partial charge on any atom is 0.272 e. The maximum atomic E-state index is 13.2. The molecule has 0 unspecified atom stereocenters. The number of rotatable bonds is 3. The highest BCUT2D eigenvalue weighted by atomic mass is 16.2. The van der Waals surface area contributed by atoms with E-state index < -0.39 is 0 Å². The molecule has 8 nitrogen and oxygen atoms in total. The molecule has 0 spiro atoms. The molecule has 0 atom stereocenters. The van der Waals surface area contributed by atoms with Crippen molar-refractivity contribution in [2.45, 2.75) is 20.0 Å². The Kier molecular flexibility index (Phi) is 4.61. The van der Waals surface area contributed by atoms with Crippen molar-refractivity contribution >= 4 is 22.5 Å². The summed E-state index contributed by atoms with van der Waals surface area (Å²) < 4.78 is 1.69. The number of amides is 1. The lowest BCUT2D eigenvalue weighted by Crippen LogP contribution is -2.26. The maximum absolute atomic E-state index is 13.2. The summed E-state index contributed by atoms with van der Waals surface area (Å²) in [6.07, 6.45) is 1.73. The lowest BCUT2D eigenvalue weighted by atomic mass is 10.0. The molecule has 2 aromatic heterocycles. The van der Waals surface area contributed by atoms with Crippen LogP contribution in [0, 0.1) is 11.8 Å². The smallest absolute Gasteiger partial charge is 0.272 e. The number of nitrogens with two attached hydrogens (primary N) is 1. The quantitative estimate of drug-likeness (QED) is 0.491. The van der Waals surface area contributed by atoms with Crippen LogP contribution < -0.4 is 16.2 Å². The Labute approximate surface area is 183 Å². The van der Waals surface area contributed by atoms with Crippen molar-refractivity contribution in [2.75, 3.05) is 4.90 Å². The number of benzene rings is 2. The van der Waals surface area contributed by atoms with E-state index in [9.17, 15) is 9.59 Å². The minimum absolute atomic E-state index is 0.0811. The van der Waals surface area contributed by atoms with Gasteiger partial charge in [0.2, 0.25) is 0 Å². The van der Waals surface area contributed by atoms with Gasteiger partial charge in [-0.2, -0.15) is 10.2 Å². The monoisotopic (exact) mass is 424 g/mol. The van der Waals surface area contributed by atoms with E-state index in [1.807, 2.05) is 37.4 Å². The van der Waals surface area contributed by atoms with Gasteiger partial charge in [0.1, 0.15) is 5.82 Å². The van der Waals surface area contributed by atoms with Gasteiger partial charge in [-0.15, -0.1) is 5.92 Å². The fraction of sp³-hybridized carbons (Fsp3) is 0.167. The fourth-order valence-corrected chi connectivity index (χ4v) is 4.21. The SMILES string of the molecule is CC#Cc1ccc2c(c1)CN(c1c(-c3ccc4c(=O)[nH]nc(CN)c4c3)cnn1C)C2=O. The van der Waals surface area contributed by atoms with E-state index in [-0.39, 0.29) is 18.0 Å². The summed E-state index contributed by atoms with van der Waals surface area (Å²) >= 11 is 0. The molecule has 2 aromatic carbocycles. The van der Waals surface area contributed by atoms with Crippen molar-refractivity contribution in [1.29, 1.82) is 0 Å². The average Bonchev–Trinajstić information content (AvgIpc) is 3.33. The van der Waals surface area contributed by atoms with Crippen LogP contribution in [0.2, 0.25) is 0 Å². The molecule has 0 radical (unpaired) electrons. The van der Waals surface area contributed by atoms with Crippen molar-refractivity contribution in [3.8, 4) is 23.0 Å². The second kappa shape index (κ2) is 7.48. The summed E-state index contributed by atoms with van der Waals surface area (Å²) in [6.45, 7) is 2.41. The van der Waals surface area contributed by atoms with Gasteiger partial charge in [0, 0.05) is 35.7 Å². The number of hydrogen-bond acceptors (Lipinski definition) is 5. The second-order valence-electron chi connectivity index (χ2n) is 7.61. The van der Waals surface area contributed by atoms with Crippen LogP contribution in [0.1, 0.15) is 34.1 Å². The van der Waals surface area contributed by atoms with Crippen molar-refractivity contribution in [3.05, 3.63) is 75.3 Å². The molecule has 3 N–H and O–H groups in total. The first-order valence-electron chi connectivity index (χ1n) is 10.1. The lowest BCUT2D eigenvalue weighted by molar-refractivity contribution is 0.0995. The summed E-state index contributed by atoms with van der Waals surface area (Å²) in [6, 6.07) is 11.1. The zero-order valence-electron chi connectivity index (χ0n) is 17.6. The molecule has 3 heterocycles. The van der Waals surface area contributed by atoms with Crippen molar-refractivity contribution in [3.63, 3.8) is 0 Å². The average molecular weight is 424 g/mol. The molecule has 158 valence electrons. The standard InChI is InChI=1S/C24H20N6O2/c1-3-4-14-5-7-17-16(9-14)13-30(24(17)32)23-20(12-26-29(23)2)15-6-8-18-19(10-15)21(11-25)27-28-22(18)31/h5-10,12H,11,13,25H2,1-2H3,(H,28,31). The van der Waals surface area contributed by atoms with Gasteiger partial charge in [0.05, 0.1) is 23.8 Å². The van der Waals surface area contributed by atoms with Gasteiger partial charge in [0.25, 0.3) is 11.5 Å². The highest BCUT2D eigenvalue weighted by molar-refractivity contribution is 6.11. The van der Waals surface area contributed by atoms with Gasteiger partial charge < -0.3 is 5.73 Å². The number of anilines is 1. The minimum atomic E-state index is -0.272. The number of H-pyrrole nitrogens is 1. The number of aromatic nitrogens is 4. The van der Waals surface area contributed by atoms with Crippen molar-refractivity contribution in [1.82, 2.24) is 20.0 Å². The van der Waals surface area contributed by atoms with E-state index in [0.29, 0.717) is 34.4 Å². The van der Waals surface area contributed by atoms with E-state index in [1.165, 1.54) is 0 Å². The lowest BCUT2D eigenvalue weighted by Gasteiger charge is -2.18. The van der Waals surface area contributed by atoms with Gasteiger partial charge in [-0.25, -0.2) is 5.10 Å². The number of fused-ring (bicyclic) bond motifs is 2. The van der Waals surface area contributed by atoms with Crippen LogP contribution >= 0.6 is 0 Å². The van der Waals surface area contributed by atoms with Crippen LogP contribution in [0.5, 0.6) is 0 Å². The predicted molar refractivity (Wildman–Crippen MR) is 122 cm³/mol. The highest BCUT2D eigenvalue weighted by Crippen LogP contribution is 2.36. The van der Waals surface area contributed by atoms with E-state index in [1.54, 1.807) is 28.8 Å². The summed E-state index contributed by atoms with van der Waals surface area (Å²) in [5.74, 6) is 6.53. The first-order chi connectivity index (χ1) is 15.5. The summed E-state index contributed by atoms with van der Waals surface area (Å²) in [7, 11) is 1.81. The van der Waals surface area contributed by atoms with Crippen LogP contribution in [0.15, 0.2) is 47.4 Å². The zero-order valence-corrected chi connectivity index (χ0v) is 17.6. The first-order valence-corrected chi connectivity index (χ1v) is 10.1. The Bertz CT molecular complexity index is 1520. The Balaban J connectivity index is 1.62. The van der Waals surface area contributed by atoms with Crippen LogP contribution in [-0.4, -0.2) is 25.9 Å². The Morgan fingerprint density at radius 1 is 1.12 bits per heavy atom.